The van der Waals surface area contributed by atoms with Crippen LogP contribution in [0.15, 0.2) is 82.5 Å². The Kier molecular flexibility index (Phi) is 12.8. The highest BCUT2D eigenvalue weighted by molar-refractivity contribution is 5.83. The lowest BCUT2D eigenvalue weighted by molar-refractivity contribution is -0.145. The second kappa shape index (κ2) is 16.3. The van der Waals surface area contributed by atoms with Crippen LogP contribution >= 0.6 is 0 Å². The van der Waals surface area contributed by atoms with E-state index in [1.165, 1.54) is 74.5 Å². The van der Waals surface area contributed by atoms with E-state index in [4.69, 9.17) is 4.74 Å². The standard InChI is InChI=1S/C49H74O2/c1-12-38(33(2)3)20-19-37(7)43-24-25-44-41-22-21-39-32-40(26-29-48(39,10)45(41)27-30-49(43,44)11)51-46(50)31-35(5)16-13-15-34(4)18-23-42-36(6)17-14-28-47(42,8)9/h13,15-16,18-21,23,31,33,37-38,40-41,43-45H,12,14,17,22,24-30,32H2,1-11H3/b16-13?,20-19?,23-18+,34-15+,35-31?/t37-,38-,40-,41+,43-,44+,45+,48+,49-/m1/s1. The molecule has 3 fully saturated rings. The van der Waals surface area contributed by atoms with Crippen LogP contribution in [0, 0.1) is 57.7 Å². The number of carbonyl (C=O) groups is 1. The van der Waals surface area contributed by atoms with E-state index in [0.717, 1.165) is 54.4 Å². The van der Waals surface area contributed by atoms with Crippen molar-refractivity contribution in [1.82, 2.24) is 0 Å². The molecule has 51 heavy (non-hydrogen) atoms. The second-order valence-corrected chi connectivity index (χ2v) is 19.3. The normalized spacial score (nSPS) is 35.6. The van der Waals surface area contributed by atoms with Crippen molar-refractivity contribution >= 4 is 5.97 Å². The van der Waals surface area contributed by atoms with E-state index in [-0.39, 0.29) is 22.9 Å². The van der Waals surface area contributed by atoms with Gasteiger partial charge in [-0.1, -0.05) is 121 Å². The molecule has 5 rings (SSSR count). The molecule has 0 aromatic heterocycles. The number of esters is 1. The topological polar surface area (TPSA) is 26.3 Å². The summed E-state index contributed by atoms with van der Waals surface area (Å²) in [5.74, 6) is 5.12. The molecule has 0 radical (unpaired) electrons. The van der Waals surface area contributed by atoms with E-state index in [9.17, 15) is 4.79 Å². The summed E-state index contributed by atoms with van der Waals surface area (Å²) >= 11 is 0. The predicted octanol–water partition coefficient (Wildman–Crippen LogP) is 13.9. The molecule has 9 atom stereocenters. The molecule has 0 aromatic rings. The van der Waals surface area contributed by atoms with Crippen LogP contribution < -0.4 is 0 Å². The van der Waals surface area contributed by atoms with E-state index >= 15 is 0 Å². The van der Waals surface area contributed by atoms with Gasteiger partial charge in [-0.15, -0.1) is 0 Å². The summed E-state index contributed by atoms with van der Waals surface area (Å²) in [5.41, 5.74) is 7.70. The van der Waals surface area contributed by atoms with Crippen LogP contribution in [0.3, 0.4) is 0 Å². The maximum absolute atomic E-state index is 13.0. The SMILES string of the molecule is CC[C@H](C=C[C@@H](C)[C@H]1CC[C@H]2[C@@H]3CC=C4C[C@H](OC(=O)C=C(C)C=C/C=C(C)/C=C/C5=C(C)CCCC5(C)C)CC[C@]4(C)[C@H]3CC[C@]12C)C(C)C. The van der Waals surface area contributed by atoms with Crippen LogP contribution in [-0.2, 0) is 9.53 Å². The first kappa shape index (κ1) is 39.8. The van der Waals surface area contributed by atoms with Gasteiger partial charge in [0.1, 0.15) is 6.10 Å². The molecule has 0 saturated heterocycles. The highest BCUT2D eigenvalue weighted by Gasteiger charge is 2.59. The summed E-state index contributed by atoms with van der Waals surface area (Å²) < 4.78 is 6.11. The molecule has 0 amide bonds. The Morgan fingerprint density at radius 3 is 2.41 bits per heavy atom. The molecule has 2 heteroatoms. The Hall–Kier alpha value is -2.35. The molecule has 2 nitrogen and oxygen atoms in total. The molecule has 0 bridgehead atoms. The zero-order valence-electron chi connectivity index (χ0n) is 34.6. The Morgan fingerprint density at radius 1 is 0.941 bits per heavy atom. The van der Waals surface area contributed by atoms with Crippen molar-refractivity contribution in [2.75, 3.05) is 0 Å². The zero-order valence-corrected chi connectivity index (χ0v) is 34.6. The van der Waals surface area contributed by atoms with Gasteiger partial charge in [0.15, 0.2) is 0 Å². The number of rotatable bonds is 11. The van der Waals surface area contributed by atoms with E-state index in [2.05, 4.69) is 112 Å². The van der Waals surface area contributed by atoms with Gasteiger partial charge in [-0.05, 0) is 160 Å². The van der Waals surface area contributed by atoms with Crippen molar-refractivity contribution < 1.29 is 9.53 Å². The van der Waals surface area contributed by atoms with Gasteiger partial charge in [0.25, 0.3) is 0 Å². The van der Waals surface area contributed by atoms with Gasteiger partial charge in [-0.2, -0.15) is 0 Å². The lowest BCUT2D eigenvalue weighted by Crippen LogP contribution is -2.51. The van der Waals surface area contributed by atoms with Gasteiger partial charge < -0.3 is 4.74 Å². The maximum atomic E-state index is 13.0. The summed E-state index contributed by atoms with van der Waals surface area (Å²) in [6.45, 7) is 26.0. The van der Waals surface area contributed by atoms with Gasteiger partial charge >= 0.3 is 5.97 Å². The van der Waals surface area contributed by atoms with Gasteiger partial charge in [0, 0.05) is 12.5 Å². The van der Waals surface area contributed by atoms with Gasteiger partial charge in [-0.3, -0.25) is 0 Å². The number of hydrogen-bond donors (Lipinski definition) is 0. The van der Waals surface area contributed by atoms with Crippen molar-refractivity contribution in [3.05, 3.63) is 82.5 Å². The second-order valence-electron chi connectivity index (χ2n) is 19.3. The van der Waals surface area contributed by atoms with Crippen LogP contribution in [0.2, 0.25) is 0 Å². The average molecular weight is 695 g/mol. The van der Waals surface area contributed by atoms with Gasteiger partial charge in [0.2, 0.25) is 0 Å². The fraction of sp³-hybridized carbons (Fsp3) is 0.694. The maximum Gasteiger partial charge on any atom is 0.331 e. The predicted molar refractivity (Wildman–Crippen MR) is 218 cm³/mol. The Balaban J connectivity index is 1.16. The number of hydrogen-bond acceptors (Lipinski definition) is 2. The van der Waals surface area contributed by atoms with Gasteiger partial charge in [0.05, 0.1) is 0 Å². The van der Waals surface area contributed by atoms with Crippen LogP contribution in [0.25, 0.3) is 0 Å². The summed E-state index contributed by atoms with van der Waals surface area (Å²) in [5, 5.41) is 0. The monoisotopic (exact) mass is 695 g/mol. The molecule has 5 aliphatic rings. The molecule has 282 valence electrons. The summed E-state index contributed by atoms with van der Waals surface area (Å²) in [6, 6.07) is 0. The smallest absolute Gasteiger partial charge is 0.331 e. The molecule has 0 aromatic carbocycles. The fourth-order valence-electron chi connectivity index (χ4n) is 12.0. The van der Waals surface area contributed by atoms with Crippen LogP contribution in [0.4, 0.5) is 0 Å². The third-order valence-electron chi connectivity index (χ3n) is 15.2. The van der Waals surface area contributed by atoms with E-state index in [1.807, 2.05) is 13.0 Å². The van der Waals surface area contributed by atoms with Crippen LogP contribution in [-0.4, -0.2) is 12.1 Å². The number of carbonyl (C=O) groups excluding carboxylic acids is 1. The molecule has 0 N–H and O–H groups in total. The first-order valence-corrected chi connectivity index (χ1v) is 21.1. The van der Waals surface area contributed by atoms with Gasteiger partial charge in [-0.25, -0.2) is 4.79 Å². The Morgan fingerprint density at radius 2 is 1.71 bits per heavy atom. The van der Waals surface area contributed by atoms with Crippen LogP contribution in [0.1, 0.15) is 153 Å². The van der Waals surface area contributed by atoms with E-state index in [1.54, 1.807) is 11.6 Å². The third kappa shape index (κ3) is 8.73. The summed E-state index contributed by atoms with van der Waals surface area (Å²) in [6.07, 6.45) is 35.0. The minimum atomic E-state index is -0.199. The van der Waals surface area contributed by atoms with Crippen molar-refractivity contribution in [1.29, 1.82) is 0 Å². The molecular formula is C49H74O2. The molecule has 5 aliphatic carbocycles. The molecule has 3 saturated carbocycles. The zero-order chi connectivity index (χ0) is 37.1. The molecule has 0 spiro atoms. The first-order chi connectivity index (χ1) is 24.1. The number of fused-ring (bicyclic) bond motifs is 5. The molecular weight excluding hydrogens is 621 g/mol. The minimum absolute atomic E-state index is 0.00868. The molecule has 0 unspecified atom stereocenters. The average Bonchev–Trinajstić information content (AvgIpc) is 3.41. The lowest BCUT2D eigenvalue weighted by atomic mass is 9.47. The summed E-state index contributed by atoms with van der Waals surface area (Å²) in [7, 11) is 0. The fourth-order valence-corrected chi connectivity index (χ4v) is 12.0. The quantitative estimate of drug-likeness (QED) is 0.0931. The summed E-state index contributed by atoms with van der Waals surface area (Å²) in [4.78, 5) is 13.0. The van der Waals surface area contributed by atoms with E-state index in [0.29, 0.717) is 17.3 Å². The molecule has 0 heterocycles. The first-order valence-electron chi connectivity index (χ1n) is 21.1. The van der Waals surface area contributed by atoms with Crippen molar-refractivity contribution in [2.24, 2.45) is 57.7 Å². The Bertz CT molecular complexity index is 1470. The minimum Gasteiger partial charge on any atom is -0.459 e. The number of allylic oxidation sites excluding steroid dienone is 12. The largest absolute Gasteiger partial charge is 0.459 e. The lowest BCUT2D eigenvalue weighted by Gasteiger charge is -2.58. The van der Waals surface area contributed by atoms with Crippen molar-refractivity contribution in [2.45, 2.75) is 159 Å². The number of ether oxygens (including phenoxy) is 1. The van der Waals surface area contributed by atoms with Crippen LogP contribution in [0.5, 0.6) is 0 Å². The van der Waals surface area contributed by atoms with Crippen molar-refractivity contribution in [3.8, 4) is 0 Å². The van der Waals surface area contributed by atoms with Crippen molar-refractivity contribution in [3.63, 3.8) is 0 Å². The highest BCUT2D eigenvalue weighted by atomic mass is 16.5. The van der Waals surface area contributed by atoms with E-state index < -0.39 is 0 Å². The highest BCUT2D eigenvalue weighted by Crippen LogP contribution is 2.67. The Labute approximate surface area is 314 Å². The molecule has 0 aliphatic heterocycles. The third-order valence-corrected chi connectivity index (χ3v) is 15.2.